The number of aryl methyl sites for hydroxylation is 1. The van der Waals surface area contributed by atoms with Crippen molar-refractivity contribution in [3.8, 4) is 0 Å². The third kappa shape index (κ3) is 8.66. The lowest BCUT2D eigenvalue weighted by atomic mass is 9.94. The number of hydrogen-bond donors (Lipinski definition) is 4. The van der Waals surface area contributed by atoms with E-state index in [2.05, 4.69) is 22.9 Å². The molecule has 3 rings (SSSR count). The maximum atomic E-state index is 12.4. The number of hydrogen-bond acceptors (Lipinski definition) is 7. The summed E-state index contributed by atoms with van der Waals surface area (Å²) in [5.41, 5.74) is 1.50. The average molecular weight is 563 g/mol. The van der Waals surface area contributed by atoms with E-state index in [0.717, 1.165) is 31.2 Å². The van der Waals surface area contributed by atoms with Gasteiger partial charge in [0.2, 0.25) is 0 Å². The zero-order valence-electron chi connectivity index (χ0n) is 21.3. The molecule has 0 heterocycles. The molecule has 3 N–H and O–H groups in total. The molecule has 0 radical (unpaired) electrons. The van der Waals surface area contributed by atoms with Gasteiger partial charge in [0.05, 0.1) is 17.1 Å². The van der Waals surface area contributed by atoms with Crippen LogP contribution in [0.2, 0.25) is 0 Å². The first-order valence-electron chi connectivity index (χ1n) is 12.6. The molecule has 2 aromatic rings. The van der Waals surface area contributed by atoms with Crippen molar-refractivity contribution in [1.82, 2.24) is 14.3 Å². The van der Waals surface area contributed by atoms with E-state index in [1.54, 1.807) is 12.1 Å². The van der Waals surface area contributed by atoms with Gasteiger partial charge in [0.25, 0.3) is 10.0 Å². The predicted octanol–water partition coefficient (Wildman–Crippen LogP) is 4.63. The molecule has 12 heteroatoms. The molecule has 4 amide bonds. The molecule has 0 spiro atoms. The second kappa shape index (κ2) is 14.1. The topological polar surface area (TPSA) is 134 Å². The SMILES string of the molecule is Cc1ccc(S(=O)(=O)NC(=O)Nc2ccc(C(=O)OCCCCN(C(=O)NS)C3CCCCC3)cc2)cc1. The van der Waals surface area contributed by atoms with Crippen LogP contribution in [0.1, 0.15) is 60.9 Å². The Morgan fingerprint density at radius 3 is 2.26 bits per heavy atom. The van der Waals surface area contributed by atoms with Crippen LogP contribution in [0.4, 0.5) is 15.3 Å². The smallest absolute Gasteiger partial charge is 0.338 e. The van der Waals surface area contributed by atoms with Crippen LogP contribution < -0.4 is 14.8 Å². The van der Waals surface area contributed by atoms with Crippen molar-refractivity contribution in [1.29, 1.82) is 0 Å². The number of thiol groups is 1. The van der Waals surface area contributed by atoms with E-state index in [-0.39, 0.29) is 23.6 Å². The number of amides is 4. The summed E-state index contributed by atoms with van der Waals surface area (Å²) in [5.74, 6) is -0.514. The van der Waals surface area contributed by atoms with Crippen LogP contribution in [-0.2, 0) is 14.8 Å². The zero-order valence-corrected chi connectivity index (χ0v) is 23.0. The number of nitrogens with one attached hydrogen (secondary N) is 3. The molecule has 206 valence electrons. The van der Waals surface area contributed by atoms with E-state index >= 15 is 0 Å². The fourth-order valence-corrected chi connectivity index (χ4v) is 5.32. The van der Waals surface area contributed by atoms with Crippen LogP contribution in [0, 0.1) is 6.92 Å². The Balaban J connectivity index is 1.42. The van der Waals surface area contributed by atoms with Crippen molar-refractivity contribution in [2.75, 3.05) is 18.5 Å². The first-order valence-corrected chi connectivity index (χ1v) is 14.5. The Morgan fingerprint density at radius 1 is 0.974 bits per heavy atom. The van der Waals surface area contributed by atoms with Gasteiger partial charge in [-0.15, -0.1) is 0 Å². The highest BCUT2D eigenvalue weighted by Crippen LogP contribution is 2.23. The molecule has 1 fully saturated rings. The number of ether oxygens (including phenoxy) is 1. The van der Waals surface area contributed by atoms with Gasteiger partial charge in [0, 0.05) is 18.3 Å². The van der Waals surface area contributed by atoms with E-state index in [4.69, 9.17) is 4.74 Å². The van der Waals surface area contributed by atoms with Gasteiger partial charge < -0.3 is 15.0 Å². The molecule has 10 nitrogen and oxygen atoms in total. The van der Waals surface area contributed by atoms with Crippen LogP contribution in [0.5, 0.6) is 0 Å². The Morgan fingerprint density at radius 2 is 1.63 bits per heavy atom. The number of anilines is 1. The fraction of sp³-hybridized carbons (Fsp3) is 0.423. The number of sulfonamides is 1. The van der Waals surface area contributed by atoms with Crippen LogP contribution in [0.15, 0.2) is 53.4 Å². The standard InChI is InChI=1S/C26H34N4O6S2/c1-19-9-15-23(16-10-19)38(34,35)29-25(32)27-21-13-11-20(12-14-21)24(31)36-18-6-5-17-30(26(33)28-37)22-7-3-2-4-8-22/h9-16,22,37H,2-8,17-18H2,1H3,(H,28,33)(H2,27,29,32). The number of esters is 1. The first-order chi connectivity index (χ1) is 18.2. The molecule has 0 bridgehead atoms. The van der Waals surface area contributed by atoms with E-state index in [0.29, 0.717) is 30.6 Å². The molecule has 1 aliphatic rings. The van der Waals surface area contributed by atoms with E-state index in [9.17, 15) is 22.8 Å². The highest BCUT2D eigenvalue weighted by Gasteiger charge is 2.24. The predicted molar refractivity (Wildman–Crippen MR) is 148 cm³/mol. The summed E-state index contributed by atoms with van der Waals surface area (Å²) in [7, 11) is -4.02. The van der Waals surface area contributed by atoms with Gasteiger partial charge in [-0.05, 0) is 69.0 Å². The lowest BCUT2D eigenvalue weighted by Crippen LogP contribution is -2.45. The maximum Gasteiger partial charge on any atom is 0.338 e. The first kappa shape index (κ1) is 29.3. The number of carbonyl (C=O) groups is 3. The van der Waals surface area contributed by atoms with Crippen molar-refractivity contribution < 1.29 is 27.5 Å². The summed E-state index contributed by atoms with van der Waals surface area (Å²) in [6.45, 7) is 2.60. The quantitative estimate of drug-likeness (QED) is 0.190. The summed E-state index contributed by atoms with van der Waals surface area (Å²) in [5, 5.41) is 2.43. The van der Waals surface area contributed by atoms with Gasteiger partial charge in [0.15, 0.2) is 0 Å². The summed E-state index contributed by atoms with van der Waals surface area (Å²) >= 11 is 3.90. The minimum absolute atomic E-state index is 0.0250. The second-order valence-electron chi connectivity index (χ2n) is 9.20. The second-order valence-corrected chi connectivity index (χ2v) is 11.1. The Hall–Kier alpha value is -3.25. The van der Waals surface area contributed by atoms with Crippen molar-refractivity contribution in [3.63, 3.8) is 0 Å². The van der Waals surface area contributed by atoms with E-state index in [1.807, 2.05) is 16.5 Å². The molecule has 0 unspecified atom stereocenters. The van der Waals surface area contributed by atoms with Gasteiger partial charge in [-0.1, -0.05) is 49.8 Å². The van der Waals surface area contributed by atoms with E-state index in [1.165, 1.54) is 42.8 Å². The summed E-state index contributed by atoms with van der Waals surface area (Å²) in [4.78, 5) is 38.5. The van der Waals surface area contributed by atoms with Crippen LogP contribution in [0.25, 0.3) is 0 Å². The van der Waals surface area contributed by atoms with Crippen LogP contribution >= 0.6 is 12.8 Å². The van der Waals surface area contributed by atoms with Crippen molar-refractivity contribution >= 4 is 46.6 Å². The van der Waals surface area contributed by atoms with Crippen molar-refractivity contribution in [2.45, 2.75) is 62.8 Å². The fourth-order valence-electron chi connectivity index (χ4n) is 4.28. The summed E-state index contributed by atoms with van der Waals surface area (Å²) in [6, 6.07) is 11.1. The maximum absolute atomic E-state index is 12.4. The average Bonchev–Trinajstić information content (AvgIpc) is 2.91. The number of benzene rings is 2. The van der Waals surface area contributed by atoms with E-state index < -0.39 is 22.0 Å². The lowest BCUT2D eigenvalue weighted by Gasteiger charge is -2.33. The van der Waals surface area contributed by atoms with Crippen LogP contribution in [0.3, 0.4) is 0 Å². The number of unbranched alkanes of at least 4 members (excludes halogenated alkanes) is 1. The minimum atomic E-state index is -4.02. The van der Waals surface area contributed by atoms with Crippen molar-refractivity contribution in [3.05, 3.63) is 59.7 Å². The van der Waals surface area contributed by atoms with Gasteiger partial charge in [0.1, 0.15) is 0 Å². The highest BCUT2D eigenvalue weighted by atomic mass is 32.2. The molecule has 1 aliphatic carbocycles. The number of rotatable bonds is 10. The van der Waals surface area contributed by atoms with Crippen molar-refractivity contribution in [2.24, 2.45) is 0 Å². The number of carbonyl (C=O) groups excluding carboxylic acids is 3. The largest absolute Gasteiger partial charge is 0.462 e. The monoisotopic (exact) mass is 562 g/mol. The Labute approximate surface area is 229 Å². The highest BCUT2D eigenvalue weighted by molar-refractivity contribution is 7.90. The zero-order chi connectivity index (χ0) is 27.5. The number of nitrogens with zero attached hydrogens (tertiary/aromatic N) is 1. The molecule has 0 aromatic heterocycles. The normalized spacial score (nSPS) is 13.8. The van der Waals surface area contributed by atoms with Gasteiger partial charge in [-0.2, -0.15) is 0 Å². The Kier molecular flexibility index (Phi) is 10.8. The molecule has 0 atom stereocenters. The van der Waals surface area contributed by atoms with Crippen LogP contribution in [-0.4, -0.2) is 50.5 Å². The molecule has 1 saturated carbocycles. The third-order valence-corrected chi connectivity index (χ3v) is 7.87. The number of urea groups is 2. The molecular weight excluding hydrogens is 528 g/mol. The molecule has 0 aliphatic heterocycles. The minimum Gasteiger partial charge on any atom is -0.462 e. The molecule has 0 saturated heterocycles. The van der Waals surface area contributed by atoms with Gasteiger partial charge in [-0.25, -0.2) is 27.5 Å². The summed E-state index contributed by atoms with van der Waals surface area (Å²) < 4.78 is 34.4. The molecule has 2 aromatic carbocycles. The van der Waals surface area contributed by atoms with Gasteiger partial charge in [-0.3, -0.25) is 4.72 Å². The van der Waals surface area contributed by atoms with Gasteiger partial charge >= 0.3 is 18.0 Å². The molecule has 38 heavy (non-hydrogen) atoms. The molecular formula is C26H34N4O6S2. The summed E-state index contributed by atoms with van der Waals surface area (Å²) in [6.07, 6.45) is 6.70. The lowest BCUT2D eigenvalue weighted by molar-refractivity contribution is 0.0493. The third-order valence-electron chi connectivity index (χ3n) is 6.34. The Bertz CT molecular complexity index is 1200.